The quantitative estimate of drug-likeness (QED) is 0.717. The Morgan fingerprint density at radius 3 is 2.50 bits per heavy atom. The zero-order valence-corrected chi connectivity index (χ0v) is 11.7. The van der Waals surface area contributed by atoms with Gasteiger partial charge in [0.15, 0.2) is 0 Å². The molecule has 0 fully saturated rings. The number of carbonyl (C=O) groups is 2. The lowest BCUT2D eigenvalue weighted by Gasteiger charge is -2.19. The molecular weight excluding hydrogens is 254 g/mol. The van der Waals surface area contributed by atoms with Gasteiger partial charge in [0.25, 0.3) is 0 Å². The van der Waals surface area contributed by atoms with E-state index < -0.39 is 12.0 Å². The third-order valence-electron chi connectivity index (χ3n) is 3.20. The normalized spacial score (nSPS) is 13.2. The van der Waals surface area contributed by atoms with Crippen molar-refractivity contribution in [1.82, 2.24) is 5.32 Å². The summed E-state index contributed by atoms with van der Waals surface area (Å²) in [5, 5.41) is 11.7. The monoisotopic (exact) mass is 275 g/mol. The molecule has 1 amide bonds. The van der Waals surface area contributed by atoms with E-state index in [1.807, 2.05) is 37.3 Å². The summed E-state index contributed by atoms with van der Waals surface area (Å²) in [5.41, 5.74) is 0.903. The molecule has 20 heavy (non-hydrogen) atoms. The Morgan fingerprint density at radius 1 is 1.35 bits per heavy atom. The molecule has 0 radical (unpaired) electrons. The average Bonchev–Trinajstić information content (AvgIpc) is 2.45. The average molecular weight is 275 g/mol. The number of carboxylic acid groups (broad SMARTS) is 1. The lowest BCUT2D eigenvalue weighted by molar-refractivity contribution is -0.142. The number of aliphatic carboxylic acids is 1. The van der Waals surface area contributed by atoms with Crippen LogP contribution >= 0.6 is 0 Å². The van der Waals surface area contributed by atoms with Crippen LogP contribution in [0.25, 0.3) is 0 Å². The number of hydrogen-bond acceptors (Lipinski definition) is 2. The van der Waals surface area contributed by atoms with Crippen molar-refractivity contribution < 1.29 is 14.7 Å². The van der Waals surface area contributed by atoms with Gasteiger partial charge in [-0.15, -0.1) is 6.58 Å². The Labute approximate surface area is 119 Å². The van der Waals surface area contributed by atoms with Crippen molar-refractivity contribution in [2.45, 2.75) is 38.1 Å². The van der Waals surface area contributed by atoms with Crippen molar-refractivity contribution >= 4 is 11.9 Å². The van der Waals surface area contributed by atoms with Crippen LogP contribution in [0, 0.1) is 0 Å². The van der Waals surface area contributed by atoms with Crippen molar-refractivity contribution in [1.29, 1.82) is 0 Å². The summed E-state index contributed by atoms with van der Waals surface area (Å²) >= 11 is 0. The number of benzene rings is 1. The zero-order valence-electron chi connectivity index (χ0n) is 11.7. The van der Waals surface area contributed by atoms with Crippen LogP contribution in [0.3, 0.4) is 0 Å². The summed E-state index contributed by atoms with van der Waals surface area (Å²) in [4.78, 5) is 23.4. The molecule has 1 aromatic carbocycles. The van der Waals surface area contributed by atoms with Gasteiger partial charge in [-0.05, 0) is 24.8 Å². The van der Waals surface area contributed by atoms with Crippen molar-refractivity contribution in [2.24, 2.45) is 0 Å². The maximum atomic E-state index is 12.3. The maximum absolute atomic E-state index is 12.3. The summed E-state index contributed by atoms with van der Waals surface area (Å²) in [6.45, 7) is 5.48. The summed E-state index contributed by atoms with van der Waals surface area (Å²) in [6, 6.07) is 8.53. The predicted octanol–water partition coefficient (Wildman–Crippen LogP) is 2.72. The van der Waals surface area contributed by atoms with Crippen LogP contribution in [0.4, 0.5) is 0 Å². The summed E-state index contributed by atoms with van der Waals surface area (Å²) in [6.07, 6.45) is 3.19. The van der Waals surface area contributed by atoms with Crippen molar-refractivity contribution in [3.8, 4) is 0 Å². The summed E-state index contributed by atoms with van der Waals surface area (Å²) in [7, 11) is 0. The molecule has 0 saturated heterocycles. The van der Waals surface area contributed by atoms with Crippen LogP contribution in [0.2, 0.25) is 0 Å². The highest BCUT2D eigenvalue weighted by atomic mass is 16.4. The van der Waals surface area contributed by atoms with Crippen LogP contribution in [0.15, 0.2) is 43.0 Å². The van der Waals surface area contributed by atoms with Crippen LogP contribution in [0.1, 0.15) is 37.7 Å². The van der Waals surface area contributed by atoms with E-state index in [-0.39, 0.29) is 11.8 Å². The minimum absolute atomic E-state index is 0.241. The third kappa shape index (κ3) is 4.53. The van der Waals surface area contributed by atoms with Gasteiger partial charge in [-0.2, -0.15) is 0 Å². The largest absolute Gasteiger partial charge is 0.480 e. The fourth-order valence-electron chi connectivity index (χ4n) is 2.07. The number of carboxylic acids is 1. The smallest absolute Gasteiger partial charge is 0.326 e. The SMILES string of the molecule is C=CCCC(NC(=O)C(CC)c1ccccc1)C(=O)O. The van der Waals surface area contributed by atoms with Crippen LogP contribution in [-0.4, -0.2) is 23.0 Å². The van der Waals surface area contributed by atoms with E-state index in [1.54, 1.807) is 6.08 Å². The number of hydrogen-bond donors (Lipinski definition) is 2. The molecule has 2 N–H and O–H groups in total. The Bertz CT molecular complexity index is 456. The fraction of sp³-hybridized carbons (Fsp3) is 0.375. The highest BCUT2D eigenvalue weighted by Crippen LogP contribution is 2.19. The van der Waals surface area contributed by atoms with E-state index in [4.69, 9.17) is 5.11 Å². The van der Waals surface area contributed by atoms with Gasteiger partial charge in [0.2, 0.25) is 5.91 Å². The Balaban J connectivity index is 2.75. The zero-order chi connectivity index (χ0) is 15.0. The molecule has 0 aliphatic rings. The lowest BCUT2D eigenvalue weighted by atomic mass is 9.95. The molecule has 0 heterocycles. The molecule has 0 aliphatic carbocycles. The van der Waals surface area contributed by atoms with Gasteiger partial charge in [-0.25, -0.2) is 4.79 Å². The van der Waals surface area contributed by atoms with E-state index in [9.17, 15) is 9.59 Å². The molecule has 0 aromatic heterocycles. The number of carbonyl (C=O) groups excluding carboxylic acids is 1. The molecular formula is C16H21NO3. The number of rotatable bonds is 8. The van der Waals surface area contributed by atoms with Crippen LogP contribution in [0.5, 0.6) is 0 Å². The van der Waals surface area contributed by atoms with Gasteiger partial charge < -0.3 is 10.4 Å². The highest BCUT2D eigenvalue weighted by molar-refractivity contribution is 5.88. The van der Waals surface area contributed by atoms with E-state index in [0.29, 0.717) is 19.3 Å². The molecule has 0 spiro atoms. The molecule has 4 nitrogen and oxygen atoms in total. The molecule has 1 rings (SSSR count). The first-order valence-electron chi connectivity index (χ1n) is 6.79. The van der Waals surface area contributed by atoms with Crippen molar-refractivity contribution in [3.63, 3.8) is 0 Å². The first kappa shape index (κ1) is 16.0. The maximum Gasteiger partial charge on any atom is 0.326 e. The second-order valence-electron chi connectivity index (χ2n) is 4.64. The van der Waals surface area contributed by atoms with Gasteiger partial charge in [0.1, 0.15) is 6.04 Å². The highest BCUT2D eigenvalue weighted by Gasteiger charge is 2.24. The topological polar surface area (TPSA) is 66.4 Å². The molecule has 0 aliphatic heterocycles. The number of amides is 1. The first-order valence-corrected chi connectivity index (χ1v) is 6.79. The standard InChI is InChI=1S/C16H21NO3/c1-3-5-11-14(16(19)20)17-15(18)13(4-2)12-9-7-6-8-10-12/h3,6-10,13-14H,1,4-5,11H2,2H3,(H,17,18)(H,19,20). The second kappa shape index (κ2) is 8.15. The fourth-order valence-corrected chi connectivity index (χ4v) is 2.07. The van der Waals surface area contributed by atoms with Crippen LogP contribution in [-0.2, 0) is 9.59 Å². The van der Waals surface area contributed by atoms with Crippen molar-refractivity contribution in [2.75, 3.05) is 0 Å². The lowest BCUT2D eigenvalue weighted by Crippen LogP contribution is -2.42. The molecule has 0 bridgehead atoms. The molecule has 4 heteroatoms. The van der Waals surface area contributed by atoms with Crippen LogP contribution < -0.4 is 5.32 Å². The number of allylic oxidation sites excluding steroid dienone is 1. The number of nitrogens with one attached hydrogen (secondary N) is 1. The summed E-state index contributed by atoms with van der Waals surface area (Å²) in [5.74, 6) is -1.57. The minimum Gasteiger partial charge on any atom is -0.480 e. The Hall–Kier alpha value is -2.10. The van der Waals surface area contributed by atoms with Gasteiger partial charge in [0.05, 0.1) is 5.92 Å². The molecule has 0 saturated carbocycles. The van der Waals surface area contributed by atoms with Gasteiger partial charge >= 0.3 is 5.97 Å². The first-order chi connectivity index (χ1) is 9.60. The summed E-state index contributed by atoms with van der Waals surface area (Å²) < 4.78 is 0. The molecule has 1 aromatic rings. The van der Waals surface area contributed by atoms with Crippen molar-refractivity contribution in [3.05, 3.63) is 48.6 Å². The van der Waals surface area contributed by atoms with Gasteiger partial charge in [-0.3, -0.25) is 4.79 Å². The molecule has 2 unspecified atom stereocenters. The van der Waals surface area contributed by atoms with Gasteiger partial charge in [-0.1, -0.05) is 43.3 Å². The van der Waals surface area contributed by atoms with E-state index >= 15 is 0 Å². The molecule has 2 atom stereocenters. The molecule has 108 valence electrons. The second-order valence-corrected chi connectivity index (χ2v) is 4.64. The van der Waals surface area contributed by atoms with E-state index in [0.717, 1.165) is 5.56 Å². The Morgan fingerprint density at radius 2 is 2.00 bits per heavy atom. The predicted molar refractivity (Wildman–Crippen MR) is 78.5 cm³/mol. The van der Waals surface area contributed by atoms with E-state index in [1.165, 1.54) is 0 Å². The third-order valence-corrected chi connectivity index (χ3v) is 3.20. The Kier molecular flexibility index (Phi) is 6.50. The minimum atomic E-state index is -1.01. The van der Waals surface area contributed by atoms with E-state index in [2.05, 4.69) is 11.9 Å². The van der Waals surface area contributed by atoms with Gasteiger partial charge in [0, 0.05) is 0 Å².